The van der Waals surface area contributed by atoms with Crippen LogP contribution in [0, 0.1) is 5.92 Å². The van der Waals surface area contributed by atoms with Crippen LogP contribution in [-0.2, 0) is 25.5 Å². The van der Waals surface area contributed by atoms with Crippen LogP contribution in [-0.4, -0.2) is 65.9 Å². The number of fused-ring (bicyclic) bond motifs is 2. The fourth-order valence-electron chi connectivity index (χ4n) is 6.34. The summed E-state index contributed by atoms with van der Waals surface area (Å²) in [5.74, 6) is 0.678. The van der Waals surface area contributed by atoms with Crippen molar-refractivity contribution in [2.45, 2.75) is 39.2 Å². The van der Waals surface area contributed by atoms with Gasteiger partial charge in [-0.25, -0.2) is 0 Å². The molecule has 2 heterocycles. The van der Waals surface area contributed by atoms with Crippen molar-refractivity contribution in [1.29, 1.82) is 0 Å². The quantitative estimate of drug-likeness (QED) is 0.312. The number of benzene rings is 2. The van der Waals surface area contributed by atoms with Crippen molar-refractivity contribution < 1.29 is 23.5 Å². The highest BCUT2D eigenvalue weighted by Gasteiger charge is 2.25. The standard InChI is InChI=1S/C36H45N2O4S/c1-2-38-34-5-3-4-6-35(34)43-36(38)26-28-7-8-30-9-10-31(27-32(30)25-28)29-11-13-33(14-12-29)37-15-17-39-19-21-41-23-24-42-22-20-40-18-16-37/h3-6,11-14,25-27,30H,2,7-10,15-24H2,1H3/q+1. The van der Waals surface area contributed by atoms with Crippen LogP contribution in [0.4, 0.5) is 5.69 Å². The van der Waals surface area contributed by atoms with E-state index >= 15 is 0 Å². The molecule has 3 aliphatic rings. The Labute approximate surface area is 260 Å². The molecule has 1 aliphatic heterocycles. The number of hydrogen-bond donors (Lipinski definition) is 0. The van der Waals surface area contributed by atoms with E-state index in [1.807, 2.05) is 11.3 Å². The van der Waals surface area contributed by atoms with E-state index in [1.165, 1.54) is 56.0 Å². The Balaban J connectivity index is 1.16. The Bertz CT molecular complexity index is 1430. The summed E-state index contributed by atoms with van der Waals surface area (Å²) in [5, 5.41) is 1.35. The Kier molecular flexibility index (Phi) is 10.7. The molecule has 0 saturated carbocycles. The molecule has 1 aromatic heterocycles. The van der Waals surface area contributed by atoms with Crippen LogP contribution in [0.1, 0.15) is 43.2 Å². The number of ether oxygens (including phenoxy) is 4. The number of thiazole rings is 1. The van der Waals surface area contributed by atoms with Gasteiger partial charge in [0.25, 0.3) is 5.01 Å². The van der Waals surface area contributed by atoms with Crippen LogP contribution < -0.4 is 9.47 Å². The average molecular weight is 602 g/mol. The Morgan fingerprint density at radius 2 is 1.44 bits per heavy atom. The molecule has 0 amide bonds. The van der Waals surface area contributed by atoms with Gasteiger partial charge in [-0.2, -0.15) is 4.57 Å². The number of anilines is 1. The van der Waals surface area contributed by atoms with E-state index in [1.54, 1.807) is 0 Å². The first-order valence-electron chi connectivity index (χ1n) is 16.0. The van der Waals surface area contributed by atoms with Gasteiger partial charge in [0.15, 0.2) is 0 Å². The molecular formula is C36H45N2O4S+. The largest absolute Gasteiger partial charge is 0.377 e. The molecule has 0 bridgehead atoms. The molecule has 1 atom stereocenters. The zero-order chi connectivity index (χ0) is 29.3. The maximum Gasteiger partial charge on any atom is 0.263 e. The summed E-state index contributed by atoms with van der Waals surface area (Å²) in [4.78, 5) is 2.35. The van der Waals surface area contributed by atoms with Crippen molar-refractivity contribution >= 4 is 38.9 Å². The minimum atomic E-state index is 0.597. The molecule has 228 valence electrons. The van der Waals surface area contributed by atoms with Gasteiger partial charge in [0.1, 0.15) is 11.2 Å². The predicted molar refractivity (Wildman–Crippen MR) is 176 cm³/mol. The van der Waals surface area contributed by atoms with Gasteiger partial charge in [0.2, 0.25) is 5.52 Å². The summed E-state index contributed by atoms with van der Waals surface area (Å²) in [5.41, 5.74) is 8.27. The van der Waals surface area contributed by atoms with Gasteiger partial charge in [-0.3, -0.25) is 0 Å². The number of para-hydroxylation sites is 1. The number of rotatable bonds is 4. The zero-order valence-electron chi connectivity index (χ0n) is 25.5. The summed E-state index contributed by atoms with van der Waals surface area (Å²) < 4.78 is 26.6. The van der Waals surface area contributed by atoms with E-state index < -0.39 is 0 Å². The average Bonchev–Trinajstić information content (AvgIpc) is 3.39. The van der Waals surface area contributed by atoms with E-state index in [0.29, 0.717) is 58.8 Å². The third-order valence-corrected chi connectivity index (χ3v) is 9.81. The summed E-state index contributed by atoms with van der Waals surface area (Å²) in [6.45, 7) is 9.81. The first-order chi connectivity index (χ1) is 21.3. The second-order valence-corrected chi connectivity index (χ2v) is 12.5. The molecule has 43 heavy (non-hydrogen) atoms. The zero-order valence-corrected chi connectivity index (χ0v) is 26.3. The van der Waals surface area contributed by atoms with Gasteiger partial charge in [0, 0.05) is 30.9 Å². The number of nitrogens with zero attached hydrogens (tertiary/aromatic N) is 2. The lowest BCUT2D eigenvalue weighted by Crippen LogP contribution is -2.33. The highest BCUT2D eigenvalue weighted by atomic mass is 32.1. The van der Waals surface area contributed by atoms with Crippen LogP contribution in [0.3, 0.4) is 0 Å². The fourth-order valence-corrected chi connectivity index (χ4v) is 7.54. The minimum Gasteiger partial charge on any atom is -0.377 e. The Morgan fingerprint density at radius 3 is 2.14 bits per heavy atom. The summed E-state index contributed by atoms with van der Waals surface area (Å²) in [6.07, 6.45) is 12.2. The van der Waals surface area contributed by atoms with Gasteiger partial charge >= 0.3 is 0 Å². The molecule has 6 rings (SSSR count). The van der Waals surface area contributed by atoms with Gasteiger partial charge in [0.05, 0.1) is 52.9 Å². The van der Waals surface area contributed by atoms with Crippen molar-refractivity contribution in [1.82, 2.24) is 0 Å². The third kappa shape index (κ3) is 7.83. The second kappa shape index (κ2) is 15.3. The van der Waals surface area contributed by atoms with Gasteiger partial charge in [-0.1, -0.05) is 47.8 Å². The number of allylic oxidation sites excluding steroid dienone is 5. The second-order valence-electron chi connectivity index (χ2n) is 11.4. The van der Waals surface area contributed by atoms with E-state index in [9.17, 15) is 0 Å². The number of hydrogen-bond acceptors (Lipinski definition) is 6. The van der Waals surface area contributed by atoms with Crippen LogP contribution in [0.15, 0.2) is 71.8 Å². The lowest BCUT2D eigenvalue weighted by molar-refractivity contribution is -0.665. The molecule has 2 aliphatic carbocycles. The van der Waals surface area contributed by atoms with E-state index in [0.717, 1.165) is 32.5 Å². The van der Waals surface area contributed by atoms with Crippen LogP contribution >= 0.6 is 11.3 Å². The molecule has 1 fully saturated rings. The number of aryl methyl sites for hydroxylation is 1. The summed E-state index contributed by atoms with van der Waals surface area (Å²) >= 11 is 1.90. The molecular weight excluding hydrogens is 556 g/mol. The molecule has 0 N–H and O–H groups in total. The van der Waals surface area contributed by atoms with Crippen molar-refractivity contribution in [3.63, 3.8) is 0 Å². The summed E-state index contributed by atoms with van der Waals surface area (Å²) in [7, 11) is 0. The first kappa shape index (κ1) is 30.2. The van der Waals surface area contributed by atoms with E-state index in [2.05, 4.69) is 83.1 Å². The van der Waals surface area contributed by atoms with Crippen molar-refractivity contribution in [3.05, 3.63) is 82.4 Å². The monoisotopic (exact) mass is 601 g/mol. The van der Waals surface area contributed by atoms with Crippen LogP contribution in [0.2, 0.25) is 0 Å². The third-order valence-electron chi connectivity index (χ3n) is 8.70. The number of aromatic nitrogens is 1. The lowest BCUT2D eigenvalue weighted by atomic mass is 9.76. The minimum absolute atomic E-state index is 0.597. The van der Waals surface area contributed by atoms with E-state index in [4.69, 9.17) is 18.9 Å². The van der Waals surface area contributed by atoms with Crippen LogP contribution in [0.25, 0.3) is 21.9 Å². The van der Waals surface area contributed by atoms with E-state index in [-0.39, 0.29) is 0 Å². The first-order valence-corrected chi connectivity index (χ1v) is 16.8. The predicted octanol–water partition coefficient (Wildman–Crippen LogP) is 6.69. The SMILES string of the molecule is CC[n+]1c(/C=C2/C=C3C=C(c4ccc(N5CCOCCOCCOCCOCC5)cc4)CCC3CC2)sc2ccccc21. The molecule has 6 nitrogen and oxygen atoms in total. The maximum atomic E-state index is 5.84. The molecule has 3 aromatic rings. The van der Waals surface area contributed by atoms with Gasteiger partial charge in [-0.15, -0.1) is 0 Å². The highest BCUT2D eigenvalue weighted by Crippen LogP contribution is 2.41. The highest BCUT2D eigenvalue weighted by molar-refractivity contribution is 7.18. The molecule has 7 heteroatoms. The molecule has 1 saturated heterocycles. The topological polar surface area (TPSA) is 44.0 Å². The van der Waals surface area contributed by atoms with Gasteiger partial charge in [-0.05, 0) is 79.0 Å². The Hall–Kier alpha value is -2.81. The molecule has 0 radical (unpaired) electrons. The van der Waals surface area contributed by atoms with Crippen molar-refractivity contribution in [3.8, 4) is 0 Å². The lowest BCUT2D eigenvalue weighted by Gasteiger charge is -2.29. The summed E-state index contributed by atoms with van der Waals surface area (Å²) in [6, 6.07) is 17.9. The Morgan fingerprint density at radius 1 is 0.791 bits per heavy atom. The smallest absolute Gasteiger partial charge is 0.263 e. The fraction of sp³-hybridized carbons (Fsp3) is 0.472. The van der Waals surface area contributed by atoms with Crippen LogP contribution in [0.5, 0.6) is 0 Å². The maximum absolute atomic E-state index is 5.84. The molecule has 2 aromatic carbocycles. The molecule has 1 unspecified atom stereocenters. The molecule has 0 spiro atoms. The normalized spacial score (nSPS) is 22.4. The van der Waals surface area contributed by atoms with Gasteiger partial charge < -0.3 is 23.8 Å². The van der Waals surface area contributed by atoms with Crippen molar-refractivity contribution in [2.75, 3.05) is 70.8 Å². The van der Waals surface area contributed by atoms with Crippen molar-refractivity contribution in [2.24, 2.45) is 5.92 Å².